The number of nitrogens with zero attached hydrogens (tertiary/aromatic N) is 1. The number of ether oxygens (including phenoxy) is 1. The number of aliphatic hydroxyl groups excluding tert-OH is 1. The molecule has 5 heteroatoms. The molecule has 2 heterocycles. The van der Waals surface area contributed by atoms with Crippen molar-refractivity contribution in [3.63, 3.8) is 0 Å². The number of aliphatic carboxylic acids is 1. The van der Waals surface area contributed by atoms with Gasteiger partial charge in [-0.15, -0.1) is 0 Å². The molecular formula is C15H19NO4. The van der Waals surface area contributed by atoms with E-state index in [2.05, 4.69) is 4.90 Å². The minimum atomic E-state index is -0.749. The first-order valence-corrected chi connectivity index (χ1v) is 7.03. The number of piperidine rings is 1. The van der Waals surface area contributed by atoms with Crippen LogP contribution in [0, 0.1) is 5.92 Å². The average Bonchev–Trinajstić information content (AvgIpc) is 2.48. The first-order valence-electron chi connectivity index (χ1n) is 7.03. The number of benzene rings is 1. The van der Waals surface area contributed by atoms with Gasteiger partial charge in [-0.2, -0.15) is 0 Å². The maximum Gasteiger partial charge on any atom is 0.307 e. The standard InChI is InChI=1S/C15H19NO4/c17-14-11-5-1-2-6-13(11)20-9-12(14)16-7-3-4-10(8-16)15(18)19/h1-2,5-6,10,12,14,17H,3-4,7-9H2,(H,18,19). The highest BCUT2D eigenvalue weighted by atomic mass is 16.5. The van der Waals surface area contributed by atoms with E-state index in [0.29, 0.717) is 19.6 Å². The topological polar surface area (TPSA) is 70.0 Å². The molecular weight excluding hydrogens is 258 g/mol. The van der Waals surface area contributed by atoms with Gasteiger partial charge in [0.1, 0.15) is 18.5 Å². The molecule has 0 radical (unpaired) electrons. The van der Waals surface area contributed by atoms with Gasteiger partial charge in [0.15, 0.2) is 0 Å². The molecule has 108 valence electrons. The van der Waals surface area contributed by atoms with Crippen molar-refractivity contribution in [1.82, 2.24) is 4.90 Å². The smallest absolute Gasteiger partial charge is 0.307 e. The fraction of sp³-hybridized carbons (Fsp3) is 0.533. The van der Waals surface area contributed by atoms with Crippen LogP contribution >= 0.6 is 0 Å². The number of carboxylic acid groups (broad SMARTS) is 1. The lowest BCUT2D eigenvalue weighted by atomic mass is 9.92. The highest BCUT2D eigenvalue weighted by molar-refractivity contribution is 5.70. The summed E-state index contributed by atoms with van der Waals surface area (Å²) in [4.78, 5) is 13.2. The number of carbonyl (C=O) groups is 1. The molecule has 3 unspecified atom stereocenters. The summed E-state index contributed by atoms with van der Waals surface area (Å²) in [5, 5.41) is 19.7. The van der Waals surface area contributed by atoms with Crippen molar-refractivity contribution in [3.8, 4) is 5.75 Å². The van der Waals surface area contributed by atoms with Crippen LogP contribution in [-0.4, -0.2) is 46.8 Å². The Kier molecular flexibility index (Phi) is 3.63. The molecule has 1 fully saturated rings. The van der Waals surface area contributed by atoms with E-state index in [9.17, 15) is 9.90 Å². The van der Waals surface area contributed by atoms with E-state index in [1.807, 2.05) is 24.3 Å². The SMILES string of the molecule is O=C(O)C1CCCN(C2COc3ccccc3C2O)C1. The lowest BCUT2D eigenvalue weighted by Gasteiger charge is -2.41. The van der Waals surface area contributed by atoms with Gasteiger partial charge in [0.2, 0.25) is 0 Å². The first-order chi connectivity index (χ1) is 9.66. The van der Waals surface area contributed by atoms with Crippen LogP contribution in [0.25, 0.3) is 0 Å². The van der Waals surface area contributed by atoms with Gasteiger partial charge in [0.05, 0.1) is 12.0 Å². The molecule has 3 rings (SSSR count). The van der Waals surface area contributed by atoms with E-state index in [-0.39, 0.29) is 12.0 Å². The zero-order valence-electron chi connectivity index (χ0n) is 11.2. The predicted molar refractivity (Wildman–Crippen MR) is 72.6 cm³/mol. The van der Waals surface area contributed by atoms with Crippen LogP contribution in [0.1, 0.15) is 24.5 Å². The van der Waals surface area contributed by atoms with E-state index in [0.717, 1.165) is 24.3 Å². The Morgan fingerprint density at radius 1 is 1.35 bits per heavy atom. The van der Waals surface area contributed by atoms with Gasteiger partial charge < -0.3 is 14.9 Å². The molecule has 3 atom stereocenters. The van der Waals surface area contributed by atoms with Crippen molar-refractivity contribution < 1.29 is 19.7 Å². The van der Waals surface area contributed by atoms with Crippen LogP contribution in [0.3, 0.4) is 0 Å². The fourth-order valence-corrected chi connectivity index (χ4v) is 3.14. The molecule has 0 aliphatic carbocycles. The summed E-state index contributed by atoms with van der Waals surface area (Å²) in [6.07, 6.45) is 0.945. The number of hydrogen-bond donors (Lipinski definition) is 2. The minimum Gasteiger partial charge on any atom is -0.491 e. The zero-order valence-corrected chi connectivity index (χ0v) is 11.2. The molecule has 20 heavy (non-hydrogen) atoms. The largest absolute Gasteiger partial charge is 0.491 e. The van der Waals surface area contributed by atoms with E-state index in [1.54, 1.807) is 0 Å². The number of hydrogen-bond acceptors (Lipinski definition) is 4. The third-order valence-electron chi connectivity index (χ3n) is 4.28. The Hall–Kier alpha value is -1.59. The molecule has 1 aromatic carbocycles. The minimum absolute atomic E-state index is 0.160. The Morgan fingerprint density at radius 3 is 2.95 bits per heavy atom. The van der Waals surface area contributed by atoms with Crippen LogP contribution in [0.5, 0.6) is 5.75 Å². The molecule has 0 saturated carbocycles. The van der Waals surface area contributed by atoms with E-state index >= 15 is 0 Å². The lowest BCUT2D eigenvalue weighted by molar-refractivity contribution is -0.144. The fourth-order valence-electron chi connectivity index (χ4n) is 3.14. The zero-order chi connectivity index (χ0) is 14.1. The highest BCUT2D eigenvalue weighted by Gasteiger charge is 2.37. The van der Waals surface area contributed by atoms with Crippen molar-refractivity contribution in [2.75, 3.05) is 19.7 Å². The molecule has 1 saturated heterocycles. The molecule has 5 nitrogen and oxygen atoms in total. The van der Waals surface area contributed by atoms with Crippen LogP contribution in [0.2, 0.25) is 0 Å². The number of fused-ring (bicyclic) bond motifs is 1. The summed E-state index contributed by atoms with van der Waals surface area (Å²) in [6.45, 7) is 1.71. The van der Waals surface area contributed by atoms with Crippen molar-refractivity contribution >= 4 is 5.97 Å². The summed E-state index contributed by atoms with van der Waals surface area (Å²) >= 11 is 0. The number of para-hydroxylation sites is 1. The number of likely N-dealkylation sites (tertiary alicyclic amines) is 1. The van der Waals surface area contributed by atoms with Crippen LogP contribution < -0.4 is 4.74 Å². The number of rotatable bonds is 2. The summed E-state index contributed by atoms with van der Waals surface area (Å²) in [5.74, 6) is -0.363. The second kappa shape index (κ2) is 5.42. The van der Waals surface area contributed by atoms with Crippen LogP contribution in [0.15, 0.2) is 24.3 Å². The van der Waals surface area contributed by atoms with Gasteiger partial charge >= 0.3 is 5.97 Å². The highest BCUT2D eigenvalue weighted by Crippen LogP contribution is 2.35. The third kappa shape index (κ3) is 2.39. The maximum atomic E-state index is 11.1. The van der Waals surface area contributed by atoms with E-state index in [4.69, 9.17) is 9.84 Å². The molecule has 2 N–H and O–H groups in total. The van der Waals surface area contributed by atoms with Crippen molar-refractivity contribution in [1.29, 1.82) is 0 Å². The predicted octanol–water partition coefficient (Wildman–Crippen LogP) is 1.28. The Balaban J connectivity index is 1.77. The van der Waals surface area contributed by atoms with Crippen molar-refractivity contribution in [3.05, 3.63) is 29.8 Å². The monoisotopic (exact) mass is 277 g/mol. The summed E-state index contributed by atoms with van der Waals surface area (Å²) in [6, 6.07) is 7.32. The van der Waals surface area contributed by atoms with Crippen molar-refractivity contribution in [2.45, 2.75) is 25.0 Å². The lowest BCUT2D eigenvalue weighted by Crippen LogP contribution is -2.51. The van der Waals surface area contributed by atoms with Gasteiger partial charge in [0, 0.05) is 12.1 Å². The summed E-state index contributed by atoms with van der Waals surface area (Å²) < 4.78 is 5.71. The summed E-state index contributed by atoms with van der Waals surface area (Å²) in [5.41, 5.74) is 0.793. The number of carboxylic acids is 1. The van der Waals surface area contributed by atoms with Gasteiger partial charge in [-0.25, -0.2) is 0 Å². The average molecular weight is 277 g/mol. The molecule has 0 aromatic heterocycles. The second-order valence-corrected chi connectivity index (χ2v) is 5.53. The van der Waals surface area contributed by atoms with Gasteiger partial charge in [-0.3, -0.25) is 9.69 Å². The third-order valence-corrected chi connectivity index (χ3v) is 4.28. The maximum absolute atomic E-state index is 11.1. The second-order valence-electron chi connectivity index (χ2n) is 5.53. The normalized spacial score (nSPS) is 30.4. The quantitative estimate of drug-likeness (QED) is 0.852. The molecule has 2 aliphatic heterocycles. The van der Waals surface area contributed by atoms with Crippen molar-refractivity contribution in [2.24, 2.45) is 5.92 Å². The first kappa shape index (κ1) is 13.4. The molecule has 2 aliphatic rings. The van der Waals surface area contributed by atoms with Gasteiger partial charge in [-0.1, -0.05) is 18.2 Å². The van der Waals surface area contributed by atoms with E-state index < -0.39 is 12.1 Å². The van der Waals surface area contributed by atoms with E-state index in [1.165, 1.54) is 0 Å². The molecule has 0 bridgehead atoms. The Labute approximate surface area is 117 Å². The number of aliphatic hydroxyl groups is 1. The van der Waals surface area contributed by atoms with Gasteiger partial charge in [0.25, 0.3) is 0 Å². The molecule has 1 aromatic rings. The summed E-state index contributed by atoms with van der Waals surface area (Å²) in [7, 11) is 0. The molecule has 0 spiro atoms. The van der Waals surface area contributed by atoms with Gasteiger partial charge in [-0.05, 0) is 25.5 Å². The Morgan fingerprint density at radius 2 is 2.15 bits per heavy atom. The van der Waals surface area contributed by atoms with Crippen LogP contribution in [-0.2, 0) is 4.79 Å². The van der Waals surface area contributed by atoms with Crippen LogP contribution in [0.4, 0.5) is 0 Å². The molecule has 0 amide bonds. The Bertz CT molecular complexity index is 504.